The van der Waals surface area contributed by atoms with Crippen LogP contribution >= 0.6 is 11.3 Å². The zero-order chi connectivity index (χ0) is 97.3. The van der Waals surface area contributed by atoms with Crippen molar-refractivity contribution in [1.29, 1.82) is 0 Å². The van der Waals surface area contributed by atoms with Crippen LogP contribution in [-0.2, 0) is 5.41 Å². The van der Waals surface area contributed by atoms with Gasteiger partial charge in [-0.05, 0) is 137 Å². The molecule has 9 heterocycles. The number of fused-ring (bicyclic) bond motifs is 23. The summed E-state index contributed by atoms with van der Waals surface area (Å²) in [7, 11) is 0. The van der Waals surface area contributed by atoms with Crippen LogP contribution in [0.4, 0.5) is 0 Å². The monoisotopic (exact) mass is 1900 g/mol. The van der Waals surface area contributed by atoms with Crippen molar-refractivity contribution in [3.63, 3.8) is 0 Å². The van der Waals surface area contributed by atoms with Crippen LogP contribution in [0.3, 0.4) is 0 Å². The number of hydrogen-bond donors (Lipinski definition) is 0. The maximum Gasteiger partial charge on any atom is 0.238 e. The molecule has 0 unspecified atom stereocenters. The van der Waals surface area contributed by atoms with Gasteiger partial charge in [-0.15, -0.1) is 11.3 Å². The first kappa shape index (κ1) is 85.6. The molecule has 30 rings (SSSR count). The number of para-hydroxylation sites is 6. The number of thiophene rings is 1. The number of aromatic nitrogens is 13. The molecule has 9 aromatic heterocycles. The van der Waals surface area contributed by atoms with Crippen LogP contribution in [0, 0.1) is 0 Å². The Kier molecular flexibility index (Phi) is 20.4. The lowest BCUT2D eigenvalue weighted by Gasteiger charge is -2.21. The van der Waals surface area contributed by atoms with Gasteiger partial charge in [0.05, 0.1) is 49.5 Å². The van der Waals surface area contributed by atoms with E-state index in [2.05, 4.69) is 329 Å². The fourth-order valence-electron chi connectivity index (χ4n) is 22.0. The predicted molar refractivity (Wildman–Crippen MR) is 603 cm³/mol. The molecule has 0 radical (unpaired) electrons. The number of hydrogen-bond acceptors (Lipinski definition) is 11. The fourth-order valence-corrected chi connectivity index (χ4v) is 23.3. The van der Waals surface area contributed by atoms with Crippen LogP contribution in [0.25, 0.3) is 266 Å². The molecule has 0 aliphatic heterocycles. The molecule has 690 valence electrons. The third-order valence-corrected chi connectivity index (χ3v) is 30.1. The molecule has 0 spiro atoms. The molecular formula is C132H85N13OS. The van der Waals surface area contributed by atoms with Gasteiger partial charge in [0.15, 0.2) is 46.6 Å². The number of nitrogens with zero attached hydrogens (tertiary/aromatic N) is 13. The van der Waals surface area contributed by atoms with E-state index in [1.165, 1.54) is 86.0 Å². The standard InChI is InChI=1S/C45H27N5S.C45H28N4O.C42H30N4/c1-3-13-28(14-4-1)43-46-44(29-15-5-2-6-16-29)48-45(47-43)50-36-20-10-7-17-31(36)35-27-30(23-25-38(35)50)49-37-21-11-8-19-34(37)41-39(49)26-24-33-32-18-9-12-22-40(32)51-42(33)41;1-4-14-29(15-5-1)43-46-44(30-16-6-2-7-17-30)48-45(47-43)32-19-12-18-31(28-32)34-23-13-24-35-36-26-27-39-40(42(36)50-41(34)35)37-22-10-11-25-38(37)49(39)33-20-8-3-9-21-33;1-42(2)35-22-11-9-20-31(35)33-25-34-32-21-10-12-23-37(32)46(38(34)26-36(33)42)30-19-13-18-29(24-30)41-44-39(27-14-5-3-6-15-27)43-40(45-41)28-16-7-4-8-17-28/h1-27H;1-28H;3-26H,1-2H3. The lowest BCUT2D eigenvalue weighted by atomic mass is 9.82. The van der Waals surface area contributed by atoms with Crippen LogP contribution in [-0.4, -0.2) is 63.1 Å². The third-order valence-electron chi connectivity index (χ3n) is 28.9. The minimum absolute atomic E-state index is 0.0875. The van der Waals surface area contributed by atoms with Gasteiger partial charge in [-0.1, -0.05) is 384 Å². The molecule has 0 atom stereocenters. The Labute approximate surface area is 848 Å². The average molecular weight is 1900 g/mol. The van der Waals surface area contributed by atoms with E-state index in [1.54, 1.807) is 0 Å². The van der Waals surface area contributed by atoms with Crippen molar-refractivity contribution < 1.29 is 4.42 Å². The van der Waals surface area contributed by atoms with Gasteiger partial charge in [0.25, 0.3) is 0 Å². The third kappa shape index (κ3) is 14.6. The van der Waals surface area contributed by atoms with E-state index in [0.29, 0.717) is 52.5 Å². The summed E-state index contributed by atoms with van der Waals surface area (Å²) in [4.78, 5) is 44.9. The molecule has 20 aromatic carbocycles. The molecule has 0 fully saturated rings. The zero-order valence-electron chi connectivity index (χ0n) is 79.7. The van der Waals surface area contributed by atoms with Crippen molar-refractivity contribution in [3.05, 3.63) is 490 Å². The van der Waals surface area contributed by atoms with Gasteiger partial charge in [-0.2, -0.15) is 9.97 Å². The Balaban J connectivity index is 0.000000107. The topological polar surface area (TPSA) is 149 Å². The van der Waals surface area contributed by atoms with Crippen molar-refractivity contribution in [3.8, 4) is 136 Å². The van der Waals surface area contributed by atoms with E-state index < -0.39 is 0 Å². The first-order chi connectivity index (χ1) is 72.7. The molecule has 1 aliphatic rings. The van der Waals surface area contributed by atoms with E-state index in [9.17, 15) is 0 Å². The van der Waals surface area contributed by atoms with Gasteiger partial charge in [0, 0.05) is 141 Å². The molecule has 0 bridgehead atoms. The molecule has 0 saturated heterocycles. The molecule has 0 N–H and O–H groups in total. The molecule has 14 nitrogen and oxygen atoms in total. The summed E-state index contributed by atoms with van der Waals surface area (Å²) in [5, 5.41) is 14.4. The summed E-state index contributed by atoms with van der Waals surface area (Å²) in [6.07, 6.45) is 0. The van der Waals surface area contributed by atoms with E-state index >= 15 is 0 Å². The maximum absolute atomic E-state index is 6.95. The largest absolute Gasteiger partial charge is 0.455 e. The predicted octanol–water partition coefficient (Wildman–Crippen LogP) is 33.6. The summed E-state index contributed by atoms with van der Waals surface area (Å²) in [5.41, 5.74) is 29.1. The molecule has 0 amide bonds. The second-order valence-electron chi connectivity index (χ2n) is 37.8. The van der Waals surface area contributed by atoms with Crippen LogP contribution < -0.4 is 0 Å². The van der Waals surface area contributed by atoms with Gasteiger partial charge in [-0.3, -0.25) is 4.57 Å². The lowest BCUT2D eigenvalue weighted by Crippen LogP contribution is -2.14. The second kappa shape index (κ2) is 35.1. The summed E-state index contributed by atoms with van der Waals surface area (Å²) in [6.45, 7) is 4.68. The smallest absolute Gasteiger partial charge is 0.238 e. The highest BCUT2D eigenvalue weighted by Crippen LogP contribution is 2.53. The lowest BCUT2D eigenvalue weighted by molar-refractivity contribution is 0.661. The van der Waals surface area contributed by atoms with Gasteiger partial charge < -0.3 is 18.1 Å². The molecular weight excluding hydrogens is 1820 g/mol. The van der Waals surface area contributed by atoms with Crippen molar-refractivity contribution in [2.75, 3.05) is 0 Å². The molecule has 29 aromatic rings. The fraction of sp³-hybridized carbons (Fsp3) is 0.0227. The highest BCUT2D eigenvalue weighted by molar-refractivity contribution is 7.26. The minimum Gasteiger partial charge on any atom is -0.455 e. The van der Waals surface area contributed by atoms with Crippen molar-refractivity contribution in [2.45, 2.75) is 19.3 Å². The van der Waals surface area contributed by atoms with Crippen LogP contribution in [0.5, 0.6) is 0 Å². The Morgan fingerprint density at radius 1 is 0.197 bits per heavy atom. The van der Waals surface area contributed by atoms with E-state index in [1.807, 2.05) is 193 Å². The summed E-state index contributed by atoms with van der Waals surface area (Å²) < 4.78 is 18.9. The zero-order valence-corrected chi connectivity index (χ0v) is 80.6. The number of rotatable bonds is 13. The van der Waals surface area contributed by atoms with E-state index in [4.69, 9.17) is 49.3 Å². The van der Waals surface area contributed by atoms with Crippen LogP contribution in [0.2, 0.25) is 0 Å². The highest BCUT2D eigenvalue weighted by Gasteiger charge is 2.37. The first-order valence-electron chi connectivity index (χ1n) is 49.5. The summed E-state index contributed by atoms with van der Waals surface area (Å²) in [6, 6.07) is 167. The van der Waals surface area contributed by atoms with E-state index in [-0.39, 0.29) is 5.41 Å². The van der Waals surface area contributed by atoms with E-state index in [0.717, 1.165) is 138 Å². The van der Waals surface area contributed by atoms with Crippen molar-refractivity contribution in [1.82, 2.24) is 63.1 Å². The van der Waals surface area contributed by atoms with Gasteiger partial charge in [0.2, 0.25) is 5.95 Å². The first-order valence-corrected chi connectivity index (χ1v) is 50.3. The van der Waals surface area contributed by atoms with Crippen molar-refractivity contribution >= 4 is 141 Å². The SMILES string of the molecule is CC1(C)c2ccccc2-c2cc3c4ccccc4n(-c4cccc(-c5nc(-c6ccccc6)nc(-c6ccccc6)n5)c4)c3cc21.c1ccc(-c2nc(-c3ccccc3)nc(-c3cccc(-c4cccc5c4oc4c5ccc5c4c4ccccc4n5-c4ccccc4)c3)n2)cc1.c1ccc(-c2nc(-c3ccccc3)nc(-n3c4ccccc4c4cc(-n5c6ccccc6c6c7sc8ccccc8c7ccc65)ccc43)n2)cc1. The Bertz CT molecular complexity index is 10100. The Hall–Kier alpha value is -19.4. The summed E-state index contributed by atoms with van der Waals surface area (Å²) >= 11 is 1.88. The number of furan rings is 1. The van der Waals surface area contributed by atoms with Crippen molar-refractivity contribution in [2.24, 2.45) is 0 Å². The molecule has 1 aliphatic carbocycles. The Morgan fingerprint density at radius 2 is 0.551 bits per heavy atom. The molecule has 15 heteroatoms. The molecule has 147 heavy (non-hydrogen) atoms. The Morgan fingerprint density at radius 3 is 1.11 bits per heavy atom. The summed E-state index contributed by atoms with van der Waals surface area (Å²) in [5.74, 6) is 5.72. The average Bonchev–Trinajstić information content (AvgIpc) is 1.56. The second-order valence-corrected chi connectivity index (χ2v) is 38.9. The molecule has 0 saturated carbocycles. The van der Waals surface area contributed by atoms with Crippen LogP contribution in [0.15, 0.2) is 484 Å². The number of benzene rings is 20. The van der Waals surface area contributed by atoms with Gasteiger partial charge in [-0.25, -0.2) is 34.9 Å². The highest BCUT2D eigenvalue weighted by atomic mass is 32.1. The quantitative estimate of drug-likeness (QED) is 0.109. The minimum atomic E-state index is -0.0875. The van der Waals surface area contributed by atoms with Gasteiger partial charge in [0.1, 0.15) is 11.2 Å². The van der Waals surface area contributed by atoms with Gasteiger partial charge >= 0.3 is 0 Å². The normalized spacial score (nSPS) is 12.2. The van der Waals surface area contributed by atoms with Crippen LogP contribution in [0.1, 0.15) is 25.0 Å². The maximum atomic E-state index is 6.95.